The second kappa shape index (κ2) is 7.16. The molecule has 28 heavy (non-hydrogen) atoms. The summed E-state index contributed by atoms with van der Waals surface area (Å²) in [7, 11) is 0. The first-order valence-corrected chi connectivity index (χ1v) is 9.83. The van der Waals surface area contributed by atoms with Crippen molar-refractivity contribution < 1.29 is 24.2 Å². The van der Waals surface area contributed by atoms with Crippen molar-refractivity contribution in [3.8, 4) is 11.5 Å². The van der Waals surface area contributed by atoms with Crippen LogP contribution >= 0.6 is 0 Å². The Morgan fingerprint density at radius 2 is 1.93 bits per heavy atom. The van der Waals surface area contributed by atoms with Crippen LogP contribution in [0.15, 0.2) is 18.2 Å². The summed E-state index contributed by atoms with van der Waals surface area (Å²) >= 11 is 0. The second-order valence-corrected chi connectivity index (χ2v) is 8.45. The Bertz CT molecular complexity index is 771. The molecule has 4 rings (SSSR count). The van der Waals surface area contributed by atoms with Gasteiger partial charge in [0, 0.05) is 44.2 Å². The third-order valence-corrected chi connectivity index (χ3v) is 5.41. The number of carbonyl (C=O) groups excluding carboxylic acids is 1. The molecular formula is C20H27N3O5. The van der Waals surface area contributed by atoms with E-state index >= 15 is 0 Å². The number of hydrogen-bond donors (Lipinski definition) is 3. The van der Waals surface area contributed by atoms with Crippen LogP contribution in [0, 0.1) is 5.92 Å². The Labute approximate surface area is 164 Å². The Morgan fingerprint density at radius 3 is 2.61 bits per heavy atom. The van der Waals surface area contributed by atoms with E-state index in [1.807, 2.05) is 13.8 Å². The maximum absolute atomic E-state index is 12.3. The van der Waals surface area contributed by atoms with Gasteiger partial charge in [-0.3, -0.25) is 9.69 Å². The van der Waals surface area contributed by atoms with Gasteiger partial charge in [-0.15, -0.1) is 0 Å². The second-order valence-electron chi connectivity index (χ2n) is 8.45. The molecule has 2 aliphatic carbocycles. The quantitative estimate of drug-likeness (QED) is 0.663. The normalized spacial score (nSPS) is 24.5. The molecule has 1 aliphatic heterocycles. The zero-order chi connectivity index (χ0) is 19.9. The molecule has 0 atom stereocenters. The van der Waals surface area contributed by atoms with Gasteiger partial charge in [0.25, 0.3) is 0 Å². The summed E-state index contributed by atoms with van der Waals surface area (Å²) in [6, 6.07) is 5.33. The van der Waals surface area contributed by atoms with Crippen molar-refractivity contribution in [3.05, 3.63) is 18.2 Å². The minimum Gasteiger partial charge on any atom is -0.480 e. The van der Waals surface area contributed by atoms with Crippen LogP contribution in [0.5, 0.6) is 11.5 Å². The number of carboxylic acids is 1. The summed E-state index contributed by atoms with van der Waals surface area (Å²) in [5.41, 5.74) is 0.634. The van der Waals surface area contributed by atoms with Gasteiger partial charge in [-0.05, 0) is 43.7 Å². The third kappa shape index (κ3) is 4.49. The number of nitrogens with zero attached hydrogens (tertiary/aromatic N) is 1. The number of nitrogens with one attached hydrogen (secondary N) is 2. The van der Waals surface area contributed by atoms with Gasteiger partial charge in [-0.1, -0.05) is 0 Å². The van der Waals surface area contributed by atoms with Gasteiger partial charge in [0.2, 0.25) is 5.79 Å². The molecule has 2 saturated carbocycles. The molecule has 3 N–H and O–H groups in total. The lowest BCUT2D eigenvalue weighted by atomic mass is 9.85. The smallest absolute Gasteiger partial charge is 0.319 e. The van der Waals surface area contributed by atoms with E-state index < -0.39 is 11.8 Å². The number of hydrogen-bond acceptors (Lipinski definition) is 5. The highest BCUT2D eigenvalue weighted by molar-refractivity contribution is 5.90. The number of ether oxygens (including phenoxy) is 2. The first-order valence-electron chi connectivity index (χ1n) is 9.83. The van der Waals surface area contributed by atoms with Crippen molar-refractivity contribution in [1.82, 2.24) is 10.2 Å². The average Bonchev–Trinajstić information content (AvgIpc) is 3.30. The number of amides is 2. The van der Waals surface area contributed by atoms with E-state index in [2.05, 4.69) is 15.5 Å². The number of aliphatic carboxylic acids is 1. The van der Waals surface area contributed by atoms with Crippen molar-refractivity contribution in [2.24, 2.45) is 5.92 Å². The highest BCUT2D eigenvalue weighted by atomic mass is 16.7. The van der Waals surface area contributed by atoms with E-state index in [0.29, 0.717) is 23.1 Å². The van der Waals surface area contributed by atoms with Crippen molar-refractivity contribution in [3.63, 3.8) is 0 Å². The molecule has 8 heteroatoms. The maximum Gasteiger partial charge on any atom is 0.319 e. The lowest BCUT2D eigenvalue weighted by molar-refractivity contribution is -0.139. The molecule has 0 bridgehead atoms. The Kier molecular flexibility index (Phi) is 4.82. The van der Waals surface area contributed by atoms with E-state index in [1.165, 1.54) is 12.8 Å². The Hall–Kier alpha value is -2.48. The molecule has 0 saturated heterocycles. The molecule has 0 spiro atoms. The zero-order valence-electron chi connectivity index (χ0n) is 16.2. The number of rotatable bonds is 7. The largest absolute Gasteiger partial charge is 0.480 e. The molecule has 152 valence electrons. The monoisotopic (exact) mass is 389 g/mol. The number of benzene rings is 1. The van der Waals surface area contributed by atoms with Crippen LogP contribution in [0.4, 0.5) is 10.5 Å². The van der Waals surface area contributed by atoms with Crippen LogP contribution in [-0.4, -0.2) is 53.0 Å². The molecule has 0 aromatic heterocycles. The predicted octanol–water partition coefficient (Wildman–Crippen LogP) is 2.64. The first-order chi connectivity index (χ1) is 13.3. The molecule has 3 aliphatic rings. The molecule has 2 amide bonds. The average molecular weight is 389 g/mol. The summed E-state index contributed by atoms with van der Waals surface area (Å²) < 4.78 is 11.3. The van der Waals surface area contributed by atoms with Gasteiger partial charge >= 0.3 is 12.0 Å². The molecule has 8 nitrogen and oxygen atoms in total. The Morgan fingerprint density at radius 1 is 1.21 bits per heavy atom. The Balaban J connectivity index is 1.25. The van der Waals surface area contributed by atoms with Gasteiger partial charge in [-0.2, -0.15) is 0 Å². The van der Waals surface area contributed by atoms with E-state index in [9.17, 15) is 9.59 Å². The van der Waals surface area contributed by atoms with Crippen LogP contribution in [0.25, 0.3) is 0 Å². The van der Waals surface area contributed by atoms with Gasteiger partial charge in [0.05, 0.1) is 6.54 Å². The van der Waals surface area contributed by atoms with Crippen molar-refractivity contribution in [2.45, 2.75) is 57.4 Å². The highest BCUT2D eigenvalue weighted by Gasteiger charge is 2.38. The maximum atomic E-state index is 12.3. The molecule has 1 aromatic rings. The van der Waals surface area contributed by atoms with E-state index in [1.54, 1.807) is 18.2 Å². The number of anilines is 1. The zero-order valence-corrected chi connectivity index (χ0v) is 16.2. The summed E-state index contributed by atoms with van der Waals surface area (Å²) in [6.45, 7) is 4.59. The summed E-state index contributed by atoms with van der Waals surface area (Å²) in [5, 5.41) is 14.9. The standard InChI is InChI=1S/C20H27N3O5/c1-20(2)27-16-6-5-13(9-17(16)28-20)21-19(26)22-14-7-15(8-14)23(11-18(24)25)10-12-3-4-12/h5-6,9,12,14-15H,3-4,7-8,10-11H2,1-2H3,(H,24,25)(H2,21,22,26). The lowest BCUT2D eigenvalue weighted by Crippen LogP contribution is -2.55. The molecule has 1 heterocycles. The van der Waals surface area contributed by atoms with Gasteiger partial charge in [-0.25, -0.2) is 4.79 Å². The van der Waals surface area contributed by atoms with E-state index in [4.69, 9.17) is 14.6 Å². The minimum atomic E-state index is -0.791. The van der Waals surface area contributed by atoms with Gasteiger partial charge < -0.3 is 25.2 Å². The summed E-state index contributed by atoms with van der Waals surface area (Å²) in [6.07, 6.45) is 3.95. The fourth-order valence-electron chi connectivity index (χ4n) is 3.81. The van der Waals surface area contributed by atoms with Crippen LogP contribution in [0.2, 0.25) is 0 Å². The third-order valence-electron chi connectivity index (χ3n) is 5.41. The van der Waals surface area contributed by atoms with Crippen molar-refractivity contribution >= 4 is 17.7 Å². The SMILES string of the molecule is CC1(C)Oc2ccc(NC(=O)NC3CC(N(CC(=O)O)CC4CC4)C3)cc2O1. The highest BCUT2D eigenvalue weighted by Crippen LogP contribution is 2.40. The molecule has 2 fully saturated rings. The van der Waals surface area contributed by atoms with Crippen LogP contribution in [0.1, 0.15) is 39.5 Å². The lowest BCUT2D eigenvalue weighted by Gasteiger charge is -2.42. The van der Waals surface area contributed by atoms with Crippen LogP contribution in [-0.2, 0) is 4.79 Å². The van der Waals surface area contributed by atoms with Crippen molar-refractivity contribution in [1.29, 1.82) is 0 Å². The fourth-order valence-corrected chi connectivity index (χ4v) is 3.81. The van der Waals surface area contributed by atoms with E-state index in [0.717, 1.165) is 19.4 Å². The van der Waals surface area contributed by atoms with Crippen LogP contribution in [0.3, 0.4) is 0 Å². The first kappa shape index (κ1) is 18.9. The van der Waals surface area contributed by atoms with E-state index in [-0.39, 0.29) is 24.7 Å². The molecule has 0 radical (unpaired) electrons. The van der Waals surface area contributed by atoms with Gasteiger partial charge in [0.15, 0.2) is 11.5 Å². The number of carbonyl (C=O) groups is 2. The predicted molar refractivity (Wildman–Crippen MR) is 103 cm³/mol. The summed E-state index contributed by atoms with van der Waals surface area (Å²) in [4.78, 5) is 25.4. The number of urea groups is 1. The summed E-state index contributed by atoms with van der Waals surface area (Å²) in [5.74, 6) is 0.418. The topological polar surface area (TPSA) is 100 Å². The molecular weight excluding hydrogens is 362 g/mol. The fraction of sp³-hybridized carbons (Fsp3) is 0.600. The molecule has 1 aromatic carbocycles. The van der Waals surface area contributed by atoms with Gasteiger partial charge in [0.1, 0.15) is 0 Å². The van der Waals surface area contributed by atoms with Crippen molar-refractivity contribution in [2.75, 3.05) is 18.4 Å². The van der Waals surface area contributed by atoms with Crippen LogP contribution < -0.4 is 20.1 Å². The number of carboxylic acid groups (broad SMARTS) is 1. The minimum absolute atomic E-state index is 0.0634. The molecule has 0 unspecified atom stereocenters. The number of fused-ring (bicyclic) bond motifs is 1.